The molecule has 3 atom stereocenters. The molecule has 2 saturated heterocycles. The predicted molar refractivity (Wildman–Crippen MR) is 58.5 cm³/mol. The van der Waals surface area contributed by atoms with Crippen LogP contribution in [0.4, 0.5) is 0 Å². The molecule has 0 aromatic carbocycles. The lowest BCUT2D eigenvalue weighted by molar-refractivity contribution is -0.261. The van der Waals surface area contributed by atoms with E-state index in [1.807, 2.05) is 0 Å². The maximum absolute atomic E-state index is 5.81. The molecule has 0 bridgehead atoms. The fraction of sp³-hybridized carbons (Fsp3) is 1.00. The van der Waals surface area contributed by atoms with Crippen molar-refractivity contribution in [2.45, 2.75) is 41.1 Å². The molecule has 2 fully saturated rings. The smallest absolute Gasteiger partial charge is 0.193 e. The Morgan fingerprint density at radius 3 is 1.77 bits per heavy atom. The maximum Gasteiger partial charge on any atom is 0.193 e. The summed E-state index contributed by atoms with van der Waals surface area (Å²) >= 11 is 7.33. The van der Waals surface area contributed by atoms with Gasteiger partial charge < -0.3 is 9.47 Å². The molecular formula is C9H14Br2O2. The van der Waals surface area contributed by atoms with Gasteiger partial charge in [0.25, 0.3) is 0 Å². The van der Waals surface area contributed by atoms with Crippen molar-refractivity contribution in [2.24, 2.45) is 0 Å². The SMILES string of the molecule is Br[C@@H]1CCCOC12OCCC[C@@H]2Br. The molecule has 13 heavy (non-hydrogen) atoms. The summed E-state index contributed by atoms with van der Waals surface area (Å²) in [7, 11) is 0. The minimum Gasteiger partial charge on any atom is -0.348 e. The number of ether oxygens (including phenoxy) is 2. The third kappa shape index (κ3) is 1.83. The molecular weight excluding hydrogens is 300 g/mol. The van der Waals surface area contributed by atoms with E-state index in [9.17, 15) is 0 Å². The Hall–Kier alpha value is 0.880. The summed E-state index contributed by atoms with van der Waals surface area (Å²) < 4.78 is 11.6. The minimum atomic E-state index is -0.392. The molecule has 76 valence electrons. The topological polar surface area (TPSA) is 18.5 Å². The van der Waals surface area contributed by atoms with E-state index in [1.165, 1.54) is 0 Å². The molecule has 2 rings (SSSR count). The van der Waals surface area contributed by atoms with Crippen LogP contribution in [-0.4, -0.2) is 28.7 Å². The standard InChI is InChI=1S/C9H14Br2O2/c10-7-3-1-5-12-9(7)8(11)4-2-6-13-9/h7-8H,1-6H2/t7-,8+,9?. The van der Waals surface area contributed by atoms with E-state index in [-0.39, 0.29) is 0 Å². The van der Waals surface area contributed by atoms with Gasteiger partial charge in [-0.2, -0.15) is 0 Å². The van der Waals surface area contributed by atoms with Crippen molar-refractivity contribution >= 4 is 31.9 Å². The van der Waals surface area contributed by atoms with Crippen LogP contribution < -0.4 is 0 Å². The second kappa shape index (κ2) is 4.17. The summed E-state index contributed by atoms with van der Waals surface area (Å²) in [6, 6.07) is 0. The third-order valence-corrected chi connectivity index (χ3v) is 4.92. The van der Waals surface area contributed by atoms with Crippen LogP contribution >= 0.6 is 31.9 Å². The Labute approximate surface area is 95.6 Å². The Morgan fingerprint density at radius 1 is 0.923 bits per heavy atom. The summed E-state index contributed by atoms with van der Waals surface area (Å²) in [6.07, 6.45) is 4.53. The van der Waals surface area contributed by atoms with Gasteiger partial charge in [-0.05, 0) is 25.7 Å². The van der Waals surface area contributed by atoms with Gasteiger partial charge in [-0.15, -0.1) is 0 Å². The van der Waals surface area contributed by atoms with E-state index in [1.54, 1.807) is 0 Å². The van der Waals surface area contributed by atoms with Gasteiger partial charge in [0, 0.05) is 0 Å². The molecule has 2 nitrogen and oxygen atoms in total. The van der Waals surface area contributed by atoms with Crippen LogP contribution in [0.15, 0.2) is 0 Å². The lowest BCUT2D eigenvalue weighted by atomic mass is 9.97. The van der Waals surface area contributed by atoms with E-state index in [4.69, 9.17) is 9.47 Å². The third-order valence-electron chi connectivity index (χ3n) is 2.73. The molecule has 2 aliphatic heterocycles. The molecule has 4 heteroatoms. The summed E-state index contributed by atoms with van der Waals surface area (Å²) in [6.45, 7) is 1.65. The number of rotatable bonds is 0. The van der Waals surface area contributed by atoms with Gasteiger partial charge in [0.05, 0.1) is 22.9 Å². The predicted octanol–water partition coefficient (Wildman–Crippen LogP) is 2.83. The van der Waals surface area contributed by atoms with Crippen LogP contribution in [0.25, 0.3) is 0 Å². The Morgan fingerprint density at radius 2 is 1.38 bits per heavy atom. The largest absolute Gasteiger partial charge is 0.348 e. The van der Waals surface area contributed by atoms with E-state index in [2.05, 4.69) is 31.9 Å². The first kappa shape index (κ1) is 10.4. The number of hydrogen-bond acceptors (Lipinski definition) is 2. The van der Waals surface area contributed by atoms with Crippen molar-refractivity contribution in [3.8, 4) is 0 Å². The van der Waals surface area contributed by atoms with E-state index in [0.717, 1.165) is 38.9 Å². The molecule has 1 unspecified atom stereocenters. The van der Waals surface area contributed by atoms with Gasteiger partial charge in [0.2, 0.25) is 0 Å². The van der Waals surface area contributed by atoms with Gasteiger partial charge in [-0.1, -0.05) is 31.9 Å². The second-order valence-electron chi connectivity index (χ2n) is 3.64. The van der Waals surface area contributed by atoms with Crippen molar-refractivity contribution < 1.29 is 9.47 Å². The van der Waals surface area contributed by atoms with Gasteiger partial charge >= 0.3 is 0 Å². The summed E-state index contributed by atoms with van der Waals surface area (Å²) in [4.78, 5) is 0.664. The molecule has 0 N–H and O–H groups in total. The fourth-order valence-electron chi connectivity index (χ4n) is 1.99. The highest BCUT2D eigenvalue weighted by atomic mass is 79.9. The van der Waals surface area contributed by atoms with Crippen LogP contribution in [0.5, 0.6) is 0 Å². The van der Waals surface area contributed by atoms with Gasteiger partial charge in [0.15, 0.2) is 5.79 Å². The molecule has 2 heterocycles. The lowest BCUT2D eigenvalue weighted by Gasteiger charge is -2.46. The van der Waals surface area contributed by atoms with Gasteiger partial charge in [-0.3, -0.25) is 0 Å². The molecule has 1 spiro atoms. The summed E-state index contributed by atoms with van der Waals surface area (Å²) in [5.41, 5.74) is 0. The number of hydrogen-bond donors (Lipinski definition) is 0. The van der Waals surface area contributed by atoms with Gasteiger partial charge in [0.1, 0.15) is 0 Å². The highest BCUT2D eigenvalue weighted by Crippen LogP contribution is 2.42. The average Bonchev–Trinajstić information content (AvgIpc) is 2.15. The van der Waals surface area contributed by atoms with Gasteiger partial charge in [-0.25, -0.2) is 0 Å². The fourth-order valence-corrected chi connectivity index (χ4v) is 4.16. The van der Waals surface area contributed by atoms with Crippen molar-refractivity contribution in [3.63, 3.8) is 0 Å². The Bertz CT molecular complexity index is 166. The van der Waals surface area contributed by atoms with Crippen molar-refractivity contribution in [2.75, 3.05) is 13.2 Å². The monoisotopic (exact) mass is 312 g/mol. The quantitative estimate of drug-likeness (QED) is 0.640. The van der Waals surface area contributed by atoms with Crippen molar-refractivity contribution in [1.29, 1.82) is 0 Å². The van der Waals surface area contributed by atoms with Crippen LogP contribution in [-0.2, 0) is 9.47 Å². The van der Waals surface area contributed by atoms with Crippen LogP contribution in [0.2, 0.25) is 0 Å². The zero-order chi connectivity index (χ0) is 9.31. The molecule has 0 amide bonds. The summed E-state index contributed by atoms with van der Waals surface area (Å²) in [5, 5.41) is 0. The molecule has 0 aromatic heterocycles. The first-order chi connectivity index (χ1) is 6.26. The van der Waals surface area contributed by atoms with E-state index < -0.39 is 5.79 Å². The zero-order valence-corrected chi connectivity index (χ0v) is 10.6. The van der Waals surface area contributed by atoms with E-state index in [0.29, 0.717) is 9.65 Å². The second-order valence-corrected chi connectivity index (χ2v) is 5.85. The summed E-state index contributed by atoms with van der Waals surface area (Å²) in [5.74, 6) is -0.392. The first-order valence-electron chi connectivity index (χ1n) is 4.82. The average molecular weight is 314 g/mol. The Kier molecular flexibility index (Phi) is 3.34. The normalized spacial score (nSPS) is 46.6. The first-order valence-corrected chi connectivity index (χ1v) is 6.65. The molecule has 0 aliphatic carbocycles. The van der Waals surface area contributed by atoms with Crippen LogP contribution in [0, 0.1) is 0 Å². The highest BCUT2D eigenvalue weighted by molar-refractivity contribution is 9.10. The number of alkyl halides is 2. The maximum atomic E-state index is 5.81. The molecule has 2 aliphatic rings. The lowest BCUT2D eigenvalue weighted by Crippen LogP contribution is -2.56. The van der Waals surface area contributed by atoms with Crippen LogP contribution in [0.3, 0.4) is 0 Å². The molecule has 0 aromatic rings. The van der Waals surface area contributed by atoms with E-state index >= 15 is 0 Å². The molecule has 0 saturated carbocycles. The Balaban J connectivity index is 2.13. The number of halogens is 2. The highest BCUT2D eigenvalue weighted by Gasteiger charge is 2.49. The minimum absolute atomic E-state index is 0.332. The molecule has 0 radical (unpaired) electrons. The van der Waals surface area contributed by atoms with Crippen molar-refractivity contribution in [1.82, 2.24) is 0 Å². The van der Waals surface area contributed by atoms with Crippen molar-refractivity contribution in [3.05, 3.63) is 0 Å². The zero-order valence-electron chi connectivity index (χ0n) is 7.47. The van der Waals surface area contributed by atoms with Crippen LogP contribution in [0.1, 0.15) is 25.7 Å².